The molecule has 0 aliphatic rings. The van der Waals surface area contributed by atoms with Crippen molar-refractivity contribution in [2.45, 2.75) is 64.7 Å². The topological polar surface area (TPSA) is 23.8 Å². The van der Waals surface area contributed by atoms with Crippen LogP contribution in [0, 0.1) is 11.3 Å². The Bertz CT molecular complexity index is 984. The number of thiophene rings is 3. The average molecular weight is 448 g/mol. The predicted molar refractivity (Wildman–Crippen MR) is 126 cm³/mol. The highest BCUT2D eigenvalue weighted by atomic mass is 35.5. The molecule has 0 aromatic carbocycles. The van der Waals surface area contributed by atoms with E-state index in [4.69, 9.17) is 16.9 Å². The molecule has 0 saturated carbocycles. The summed E-state index contributed by atoms with van der Waals surface area (Å²) in [6, 6.07) is 13.0. The van der Waals surface area contributed by atoms with Crippen molar-refractivity contribution in [2.24, 2.45) is 0 Å². The molecule has 0 amide bonds. The van der Waals surface area contributed by atoms with Crippen LogP contribution in [-0.2, 0) is 18.3 Å². The zero-order chi connectivity index (χ0) is 20.5. The third-order valence-corrected chi connectivity index (χ3v) is 9.52. The first-order chi connectivity index (χ1) is 13.2. The first kappa shape index (κ1) is 21.6. The van der Waals surface area contributed by atoms with Crippen molar-refractivity contribution in [3.63, 3.8) is 0 Å². The van der Waals surface area contributed by atoms with Crippen LogP contribution in [-0.4, -0.2) is 0 Å². The molecule has 0 N–H and O–H groups in total. The van der Waals surface area contributed by atoms with Crippen LogP contribution in [0.1, 0.15) is 75.7 Å². The molecule has 0 saturated heterocycles. The zero-order valence-electron chi connectivity index (χ0n) is 17.0. The van der Waals surface area contributed by atoms with E-state index >= 15 is 0 Å². The number of nitriles is 1. The van der Waals surface area contributed by atoms with E-state index in [2.05, 4.69) is 65.0 Å². The van der Waals surface area contributed by atoms with Crippen molar-refractivity contribution in [3.8, 4) is 6.07 Å². The summed E-state index contributed by atoms with van der Waals surface area (Å²) in [6.07, 6.45) is 2.04. The minimum atomic E-state index is 0.0402. The smallest absolute Gasteiger partial charge is 0.110 e. The lowest BCUT2D eigenvalue weighted by Crippen LogP contribution is -2.18. The van der Waals surface area contributed by atoms with Gasteiger partial charge in [-0.05, 0) is 55.0 Å². The SMILES string of the molecule is CC(C)c1sc(CC(C)c2ccc(CC(C)(C)c3ccc(C#N)s3)s2)cc1Cl. The summed E-state index contributed by atoms with van der Waals surface area (Å²) in [5.74, 6) is 0.972. The first-order valence-electron chi connectivity index (χ1n) is 9.56. The second-order valence-electron chi connectivity index (χ2n) is 8.33. The Balaban J connectivity index is 1.69. The van der Waals surface area contributed by atoms with Crippen LogP contribution in [0.5, 0.6) is 0 Å². The van der Waals surface area contributed by atoms with Gasteiger partial charge in [-0.3, -0.25) is 0 Å². The molecular weight excluding hydrogens is 422 g/mol. The van der Waals surface area contributed by atoms with Crippen LogP contribution in [0.2, 0.25) is 5.02 Å². The summed E-state index contributed by atoms with van der Waals surface area (Å²) >= 11 is 11.8. The lowest BCUT2D eigenvalue weighted by atomic mass is 9.87. The second-order valence-corrected chi connectivity index (χ2v) is 12.2. The number of hydrogen-bond donors (Lipinski definition) is 0. The third-order valence-electron chi connectivity index (χ3n) is 4.96. The minimum Gasteiger partial charge on any atom is -0.192 e. The fraction of sp³-hybridized carbons (Fsp3) is 0.435. The van der Waals surface area contributed by atoms with Gasteiger partial charge in [-0.25, -0.2) is 0 Å². The maximum Gasteiger partial charge on any atom is 0.110 e. The summed E-state index contributed by atoms with van der Waals surface area (Å²) in [7, 11) is 0. The fourth-order valence-electron chi connectivity index (χ4n) is 3.37. The largest absolute Gasteiger partial charge is 0.192 e. The average Bonchev–Trinajstić information content (AvgIpc) is 3.34. The van der Waals surface area contributed by atoms with Gasteiger partial charge in [0.1, 0.15) is 10.9 Å². The van der Waals surface area contributed by atoms with E-state index in [1.807, 2.05) is 28.7 Å². The van der Waals surface area contributed by atoms with Gasteiger partial charge in [-0.15, -0.1) is 34.0 Å². The minimum absolute atomic E-state index is 0.0402. The van der Waals surface area contributed by atoms with E-state index in [9.17, 15) is 0 Å². The summed E-state index contributed by atoms with van der Waals surface area (Å²) < 4.78 is 0. The highest BCUT2D eigenvalue weighted by molar-refractivity contribution is 7.13. The van der Waals surface area contributed by atoms with Crippen molar-refractivity contribution in [2.75, 3.05) is 0 Å². The van der Waals surface area contributed by atoms with Gasteiger partial charge in [0.15, 0.2) is 0 Å². The summed E-state index contributed by atoms with van der Waals surface area (Å²) in [6.45, 7) is 11.2. The molecule has 3 heterocycles. The molecule has 0 aliphatic heterocycles. The van der Waals surface area contributed by atoms with E-state index < -0.39 is 0 Å². The molecule has 1 nitrogen and oxygen atoms in total. The molecule has 0 spiro atoms. The Morgan fingerprint density at radius 2 is 1.79 bits per heavy atom. The van der Waals surface area contributed by atoms with Crippen LogP contribution in [0.25, 0.3) is 0 Å². The Kier molecular flexibility index (Phi) is 6.72. The molecule has 0 fully saturated rings. The highest BCUT2D eigenvalue weighted by Crippen LogP contribution is 2.38. The molecule has 5 heteroatoms. The summed E-state index contributed by atoms with van der Waals surface area (Å²) in [5.41, 5.74) is 0.0402. The van der Waals surface area contributed by atoms with E-state index in [0.717, 1.165) is 22.7 Å². The van der Waals surface area contributed by atoms with Crippen LogP contribution >= 0.6 is 45.6 Å². The summed E-state index contributed by atoms with van der Waals surface area (Å²) in [4.78, 5) is 7.58. The van der Waals surface area contributed by atoms with E-state index in [1.165, 1.54) is 24.4 Å². The molecule has 3 aromatic heterocycles. The molecule has 0 aliphatic carbocycles. The molecule has 28 heavy (non-hydrogen) atoms. The van der Waals surface area contributed by atoms with E-state index in [1.54, 1.807) is 11.3 Å². The highest BCUT2D eigenvalue weighted by Gasteiger charge is 2.24. The number of halogens is 1. The van der Waals surface area contributed by atoms with E-state index in [-0.39, 0.29) is 5.41 Å². The Morgan fingerprint density at radius 1 is 1.04 bits per heavy atom. The number of hydrogen-bond acceptors (Lipinski definition) is 4. The Hall–Kier alpha value is -1.12. The molecular formula is C23H26ClNS3. The molecule has 1 atom stereocenters. The standard InChI is InChI=1S/C23H26ClNS3/c1-14(2)22-19(24)11-18(28-22)10-15(3)20-8-6-16(26-20)12-23(4,5)21-9-7-17(13-25)27-21/h6-9,11,14-15H,10,12H2,1-5H3. The van der Waals surface area contributed by atoms with Crippen molar-refractivity contribution < 1.29 is 0 Å². The number of nitrogens with zero attached hydrogens (tertiary/aromatic N) is 1. The molecule has 3 aromatic rings. The lowest BCUT2D eigenvalue weighted by Gasteiger charge is -2.22. The van der Waals surface area contributed by atoms with Gasteiger partial charge in [0, 0.05) is 29.8 Å². The zero-order valence-corrected chi connectivity index (χ0v) is 20.2. The molecule has 0 bridgehead atoms. The molecule has 0 radical (unpaired) electrons. The first-order valence-corrected chi connectivity index (χ1v) is 12.4. The van der Waals surface area contributed by atoms with Crippen LogP contribution in [0.3, 0.4) is 0 Å². The van der Waals surface area contributed by atoms with Crippen LogP contribution in [0.4, 0.5) is 0 Å². The van der Waals surface area contributed by atoms with Gasteiger partial charge < -0.3 is 0 Å². The van der Waals surface area contributed by atoms with Crippen molar-refractivity contribution >= 4 is 45.6 Å². The fourth-order valence-corrected chi connectivity index (χ4v) is 7.28. The lowest BCUT2D eigenvalue weighted by molar-refractivity contribution is 0.538. The van der Waals surface area contributed by atoms with Gasteiger partial charge in [0.25, 0.3) is 0 Å². The van der Waals surface area contributed by atoms with Gasteiger partial charge in [-0.1, -0.05) is 46.2 Å². The molecule has 1 unspecified atom stereocenters. The normalized spacial score (nSPS) is 13.1. The maximum atomic E-state index is 9.10. The second kappa shape index (κ2) is 8.71. The van der Waals surface area contributed by atoms with Crippen molar-refractivity contribution in [3.05, 3.63) is 64.6 Å². The predicted octanol–water partition coefficient (Wildman–Crippen LogP) is 8.39. The molecule has 3 rings (SSSR count). The van der Waals surface area contributed by atoms with Gasteiger partial charge in [-0.2, -0.15) is 5.26 Å². The third kappa shape index (κ3) is 4.89. The van der Waals surface area contributed by atoms with Crippen molar-refractivity contribution in [1.29, 1.82) is 5.26 Å². The quantitative estimate of drug-likeness (QED) is 0.356. The van der Waals surface area contributed by atoms with Gasteiger partial charge >= 0.3 is 0 Å². The van der Waals surface area contributed by atoms with Crippen LogP contribution < -0.4 is 0 Å². The monoisotopic (exact) mass is 447 g/mol. The van der Waals surface area contributed by atoms with E-state index in [0.29, 0.717) is 11.8 Å². The summed E-state index contributed by atoms with van der Waals surface area (Å²) in [5, 5.41) is 10.0. The number of rotatable bonds is 7. The Morgan fingerprint density at radius 3 is 2.39 bits per heavy atom. The van der Waals surface area contributed by atoms with Gasteiger partial charge in [0.2, 0.25) is 0 Å². The Labute approximate surface area is 185 Å². The molecule has 148 valence electrons. The van der Waals surface area contributed by atoms with Crippen LogP contribution in [0.15, 0.2) is 30.3 Å². The van der Waals surface area contributed by atoms with Gasteiger partial charge in [0.05, 0.1) is 5.02 Å². The maximum absolute atomic E-state index is 9.10. The van der Waals surface area contributed by atoms with Crippen molar-refractivity contribution in [1.82, 2.24) is 0 Å².